The van der Waals surface area contributed by atoms with E-state index in [1.54, 1.807) is 7.05 Å². The second kappa shape index (κ2) is 6.10. The van der Waals surface area contributed by atoms with Crippen LogP contribution in [0.1, 0.15) is 12.5 Å². The lowest BCUT2D eigenvalue weighted by Crippen LogP contribution is -2.38. The van der Waals surface area contributed by atoms with Gasteiger partial charge >= 0.3 is 0 Å². The third kappa shape index (κ3) is 2.83. The van der Waals surface area contributed by atoms with E-state index in [1.165, 1.54) is 16.5 Å². The van der Waals surface area contributed by atoms with Gasteiger partial charge in [-0.05, 0) is 25.0 Å². The molecule has 96 valence electrons. The van der Waals surface area contributed by atoms with Crippen molar-refractivity contribution in [3.63, 3.8) is 0 Å². The molecule has 0 saturated carbocycles. The van der Waals surface area contributed by atoms with Gasteiger partial charge in [-0.15, -0.1) is 0 Å². The van der Waals surface area contributed by atoms with E-state index in [2.05, 4.69) is 51.9 Å². The van der Waals surface area contributed by atoms with E-state index in [0.717, 1.165) is 25.5 Å². The molecule has 0 radical (unpaired) electrons. The SMILES string of the molecule is CCNC(=NC)NCCc1c[nH]c2ccccc12. The van der Waals surface area contributed by atoms with Crippen molar-refractivity contribution in [2.75, 3.05) is 20.1 Å². The zero-order chi connectivity index (χ0) is 12.8. The minimum Gasteiger partial charge on any atom is -0.361 e. The van der Waals surface area contributed by atoms with Crippen LogP contribution in [-0.4, -0.2) is 31.1 Å². The molecule has 1 heterocycles. The molecule has 2 aromatic rings. The normalized spacial score (nSPS) is 11.8. The van der Waals surface area contributed by atoms with E-state index in [1.807, 2.05) is 6.07 Å². The van der Waals surface area contributed by atoms with Crippen molar-refractivity contribution in [3.05, 3.63) is 36.0 Å². The van der Waals surface area contributed by atoms with E-state index in [-0.39, 0.29) is 0 Å². The Kier molecular flexibility index (Phi) is 4.23. The van der Waals surface area contributed by atoms with Gasteiger partial charge in [0, 0.05) is 37.2 Å². The summed E-state index contributed by atoms with van der Waals surface area (Å²) < 4.78 is 0. The van der Waals surface area contributed by atoms with Gasteiger partial charge in [-0.1, -0.05) is 18.2 Å². The lowest BCUT2D eigenvalue weighted by Gasteiger charge is -2.09. The Bertz CT molecular complexity index is 527. The van der Waals surface area contributed by atoms with E-state index in [9.17, 15) is 0 Å². The summed E-state index contributed by atoms with van der Waals surface area (Å²) in [5, 5.41) is 7.78. The maximum absolute atomic E-state index is 4.15. The minimum atomic E-state index is 0.859. The molecule has 3 N–H and O–H groups in total. The molecule has 2 rings (SSSR count). The second-order valence-corrected chi connectivity index (χ2v) is 4.14. The largest absolute Gasteiger partial charge is 0.361 e. The number of rotatable bonds is 4. The van der Waals surface area contributed by atoms with Crippen molar-refractivity contribution in [3.8, 4) is 0 Å². The number of aromatic amines is 1. The molecule has 18 heavy (non-hydrogen) atoms. The van der Waals surface area contributed by atoms with Crippen LogP contribution in [0.4, 0.5) is 0 Å². The average Bonchev–Trinajstić information content (AvgIpc) is 2.81. The Morgan fingerprint density at radius 3 is 2.89 bits per heavy atom. The van der Waals surface area contributed by atoms with Crippen LogP contribution in [0.2, 0.25) is 0 Å². The molecule has 0 aliphatic carbocycles. The number of benzene rings is 1. The summed E-state index contributed by atoms with van der Waals surface area (Å²) >= 11 is 0. The molecule has 4 heteroatoms. The fraction of sp³-hybridized carbons (Fsp3) is 0.357. The summed E-state index contributed by atoms with van der Waals surface area (Å²) in [6, 6.07) is 8.38. The molecular weight excluding hydrogens is 224 g/mol. The van der Waals surface area contributed by atoms with E-state index >= 15 is 0 Å². The van der Waals surface area contributed by atoms with Crippen LogP contribution >= 0.6 is 0 Å². The standard InChI is InChI=1S/C14H20N4/c1-3-16-14(15-2)17-9-8-11-10-18-13-7-5-4-6-12(11)13/h4-7,10,18H,3,8-9H2,1-2H3,(H2,15,16,17). The van der Waals surface area contributed by atoms with Gasteiger partial charge in [0.15, 0.2) is 5.96 Å². The van der Waals surface area contributed by atoms with Crippen LogP contribution in [0.25, 0.3) is 10.9 Å². The molecule has 0 spiro atoms. The fourth-order valence-electron chi connectivity index (χ4n) is 2.04. The number of fused-ring (bicyclic) bond motifs is 1. The van der Waals surface area contributed by atoms with Crippen molar-refractivity contribution in [2.24, 2.45) is 4.99 Å². The Morgan fingerprint density at radius 1 is 1.28 bits per heavy atom. The second-order valence-electron chi connectivity index (χ2n) is 4.14. The Hall–Kier alpha value is -1.97. The Balaban J connectivity index is 1.94. The zero-order valence-electron chi connectivity index (χ0n) is 11.0. The van der Waals surface area contributed by atoms with Crippen molar-refractivity contribution in [1.82, 2.24) is 15.6 Å². The van der Waals surface area contributed by atoms with Crippen molar-refractivity contribution in [1.29, 1.82) is 0 Å². The van der Waals surface area contributed by atoms with E-state index < -0.39 is 0 Å². The highest BCUT2D eigenvalue weighted by atomic mass is 15.2. The summed E-state index contributed by atoms with van der Waals surface area (Å²) in [7, 11) is 1.79. The van der Waals surface area contributed by atoms with Gasteiger partial charge in [0.25, 0.3) is 0 Å². The minimum absolute atomic E-state index is 0.859. The molecule has 1 aromatic carbocycles. The number of guanidine groups is 1. The summed E-state index contributed by atoms with van der Waals surface area (Å²) in [4.78, 5) is 7.44. The van der Waals surface area contributed by atoms with Crippen molar-refractivity contribution >= 4 is 16.9 Å². The van der Waals surface area contributed by atoms with Gasteiger partial charge in [-0.25, -0.2) is 0 Å². The summed E-state index contributed by atoms with van der Waals surface area (Å²) in [6.45, 7) is 3.82. The molecular formula is C14H20N4. The Morgan fingerprint density at radius 2 is 2.11 bits per heavy atom. The molecule has 1 aromatic heterocycles. The van der Waals surface area contributed by atoms with Crippen LogP contribution < -0.4 is 10.6 Å². The summed E-state index contributed by atoms with van der Waals surface area (Å²) in [5.74, 6) is 0.859. The van der Waals surface area contributed by atoms with Crippen LogP contribution in [0.3, 0.4) is 0 Å². The number of aliphatic imine (C=N–C) groups is 1. The number of nitrogens with zero attached hydrogens (tertiary/aromatic N) is 1. The first-order chi connectivity index (χ1) is 8.85. The van der Waals surface area contributed by atoms with Gasteiger partial charge in [-0.3, -0.25) is 4.99 Å². The van der Waals surface area contributed by atoms with Gasteiger partial charge < -0.3 is 15.6 Å². The molecule has 0 atom stereocenters. The van der Waals surface area contributed by atoms with Crippen molar-refractivity contribution < 1.29 is 0 Å². The molecule has 0 saturated heterocycles. The van der Waals surface area contributed by atoms with E-state index in [4.69, 9.17) is 0 Å². The first kappa shape index (κ1) is 12.5. The first-order valence-corrected chi connectivity index (χ1v) is 6.34. The molecule has 0 amide bonds. The highest BCUT2D eigenvalue weighted by Crippen LogP contribution is 2.17. The number of aromatic nitrogens is 1. The van der Waals surface area contributed by atoms with Gasteiger partial charge in [-0.2, -0.15) is 0 Å². The number of H-pyrrole nitrogens is 1. The van der Waals surface area contributed by atoms with Gasteiger partial charge in [0.1, 0.15) is 0 Å². The molecule has 0 unspecified atom stereocenters. The molecule has 0 bridgehead atoms. The predicted molar refractivity (Wildman–Crippen MR) is 77.0 cm³/mol. The third-order valence-corrected chi connectivity index (χ3v) is 2.93. The predicted octanol–water partition coefficient (Wildman–Crippen LogP) is 1.90. The number of nitrogens with one attached hydrogen (secondary N) is 3. The molecule has 0 aliphatic heterocycles. The zero-order valence-corrected chi connectivity index (χ0v) is 11.0. The summed E-state index contributed by atoms with van der Waals surface area (Å²) in [6.07, 6.45) is 3.07. The topological polar surface area (TPSA) is 52.2 Å². The monoisotopic (exact) mass is 244 g/mol. The smallest absolute Gasteiger partial charge is 0.190 e. The van der Waals surface area contributed by atoms with E-state index in [0.29, 0.717) is 0 Å². The van der Waals surface area contributed by atoms with Gasteiger partial charge in [0.2, 0.25) is 0 Å². The number of hydrogen-bond acceptors (Lipinski definition) is 1. The maximum atomic E-state index is 4.15. The molecule has 0 fully saturated rings. The fourth-order valence-corrected chi connectivity index (χ4v) is 2.04. The number of hydrogen-bond donors (Lipinski definition) is 3. The van der Waals surface area contributed by atoms with Gasteiger partial charge in [0.05, 0.1) is 0 Å². The number of para-hydroxylation sites is 1. The quantitative estimate of drug-likeness (QED) is 0.568. The Labute approximate surface area is 108 Å². The highest BCUT2D eigenvalue weighted by molar-refractivity contribution is 5.83. The van der Waals surface area contributed by atoms with Crippen LogP contribution in [0.5, 0.6) is 0 Å². The highest BCUT2D eigenvalue weighted by Gasteiger charge is 2.02. The lowest BCUT2D eigenvalue weighted by molar-refractivity contribution is 0.812. The first-order valence-electron chi connectivity index (χ1n) is 6.34. The maximum Gasteiger partial charge on any atom is 0.190 e. The van der Waals surface area contributed by atoms with Crippen LogP contribution in [-0.2, 0) is 6.42 Å². The average molecular weight is 244 g/mol. The van der Waals surface area contributed by atoms with Crippen LogP contribution in [0.15, 0.2) is 35.5 Å². The van der Waals surface area contributed by atoms with Crippen LogP contribution in [0, 0.1) is 0 Å². The van der Waals surface area contributed by atoms with Crippen molar-refractivity contribution in [2.45, 2.75) is 13.3 Å². The third-order valence-electron chi connectivity index (χ3n) is 2.93. The lowest BCUT2D eigenvalue weighted by atomic mass is 10.1. The molecule has 0 aliphatic rings. The molecule has 4 nitrogen and oxygen atoms in total. The summed E-state index contributed by atoms with van der Waals surface area (Å²) in [5.41, 5.74) is 2.54.